The number of hydrogen-bond donors (Lipinski definition) is 1. The molecule has 0 saturated heterocycles. The van der Waals surface area contributed by atoms with Crippen LogP contribution in [0.15, 0.2) is 89.3 Å². The van der Waals surface area contributed by atoms with Crippen molar-refractivity contribution >= 4 is 16.9 Å². The molecule has 0 bridgehead atoms. The number of carbonyl (C=O) groups excluding carboxylic acids is 1. The summed E-state index contributed by atoms with van der Waals surface area (Å²) in [6.45, 7) is 0. The summed E-state index contributed by atoms with van der Waals surface area (Å²) in [6, 6.07) is 22.1. The van der Waals surface area contributed by atoms with Gasteiger partial charge in [0.05, 0.1) is 11.1 Å². The van der Waals surface area contributed by atoms with Gasteiger partial charge in [0.15, 0.2) is 0 Å². The van der Waals surface area contributed by atoms with Crippen LogP contribution < -0.4 is 5.32 Å². The largest absolute Gasteiger partial charge is 0.459 e. The topological polar surface area (TPSA) is 42.2 Å². The number of furan rings is 1. The van der Waals surface area contributed by atoms with Crippen LogP contribution in [0.1, 0.15) is 33.3 Å². The van der Waals surface area contributed by atoms with E-state index in [-0.39, 0.29) is 0 Å². The van der Waals surface area contributed by atoms with Crippen LogP contribution in [0.5, 0.6) is 0 Å². The summed E-state index contributed by atoms with van der Waals surface area (Å²) < 4.78 is 45.9. The highest BCUT2D eigenvalue weighted by atomic mass is 19.4. The molecule has 4 aromatic rings. The first-order chi connectivity index (χ1) is 13.9. The van der Waals surface area contributed by atoms with Crippen molar-refractivity contribution in [1.29, 1.82) is 0 Å². The number of nitrogens with one attached hydrogen (secondary N) is 1. The van der Waals surface area contributed by atoms with Gasteiger partial charge in [0, 0.05) is 5.39 Å². The minimum Gasteiger partial charge on any atom is -0.459 e. The Morgan fingerprint density at radius 1 is 0.862 bits per heavy atom. The second kappa shape index (κ2) is 7.47. The molecule has 1 heterocycles. The van der Waals surface area contributed by atoms with Gasteiger partial charge in [0.2, 0.25) is 0 Å². The Labute approximate surface area is 164 Å². The zero-order valence-electron chi connectivity index (χ0n) is 15.1. The van der Waals surface area contributed by atoms with E-state index >= 15 is 0 Å². The highest BCUT2D eigenvalue weighted by molar-refractivity contribution is 5.96. The predicted molar refractivity (Wildman–Crippen MR) is 103 cm³/mol. The Kier molecular flexibility index (Phi) is 4.84. The van der Waals surface area contributed by atoms with E-state index < -0.39 is 29.3 Å². The van der Waals surface area contributed by atoms with Crippen LogP contribution in [0.2, 0.25) is 0 Å². The fourth-order valence-electron chi connectivity index (χ4n) is 3.25. The normalized spacial score (nSPS) is 12.7. The lowest BCUT2D eigenvalue weighted by Crippen LogP contribution is -2.30. The molecule has 0 spiro atoms. The van der Waals surface area contributed by atoms with Gasteiger partial charge < -0.3 is 9.73 Å². The van der Waals surface area contributed by atoms with Crippen molar-refractivity contribution in [1.82, 2.24) is 5.32 Å². The number of carbonyl (C=O) groups is 1. The fraction of sp³-hybridized carbons (Fsp3) is 0.0870. The minimum absolute atomic E-state index is 0.433. The molecule has 146 valence electrons. The van der Waals surface area contributed by atoms with Crippen molar-refractivity contribution in [2.75, 3.05) is 0 Å². The van der Waals surface area contributed by atoms with Crippen molar-refractivity contribution in [3.05, 3.63) is 107 Å². The van der Waals surface area contributed by atoms with Crippen LogP contribution in [-0.4, -0.2) is 5.91 Å². The van der Waals surface area contributed by atoms with Gasteiger partial charge in [-0.3, -0.25) is 4.79 Å². The molecule has 6 heteroatoms. The number of alkyl halides is 3. The average molecular weight is 395 g/mol. The molecule has 1 amide bonds. The first kappa shape index (κ1) is 18.8. The molecule has 0 aliphatic carbocycles. The van der Waals surface area contributed by atoms with Gasteiger partial charge in [0.1, 0.15) is 17.4 Å². The Balaban J connectivity index is 1.75. The van der Waals surface area contributed by atoms with Crippen LogP contribution in [0.25, 0.3) is 11.0 Å². The van der Waals surface area contributed by atoms with Crippen molar-refractivity contribution in [3.8, 4) is 0 Å². The van der Waals surface area contributed by atoms with E-state index in [1.54, 1.807) is 36.4 Å². The second-order valence-corrected chi connectivity index (χ2v) is 6.55. The van der Waals surface area contributed by atoms with Crippen LogP contribution in [-0.2, 0) is 6.18 Å². The Morgan fingerprint density at radius 2 is 1.52 bits per heavy atom. The maximum absolute atomic E-state index is 13.3. The van der Waals surface area contributed by atoms with Crippen LogP contribution in [0, 0.1) is 0 Å². The number of para-hydroxylation sites is 1. The number of rotatable bonds is 4. The Morgan fingerprint density at radius 3 is 2.24 bits per heavy atom. The Hall–Kier alpha value is -3.54. The standard InChI is InChI=1S/C23H16F3NO2/c24-23(25,26)18-12-6-5-11-17(18)22(28)27-21(15-8-2-1-3-9-15)20-14-16-10-4-7-13-19(16)29-20/h1-14,21H,(H,27,28). The van der Waals surface area contributed by atoms with Crippen LogP contribution in [0.3, 0.4) is 0 Å². The number of hydrogen-bond acceptors (Lipinski definition) is 2. The van der Waals surface area contributed by atoms with Gasteiger partial charge in [-0.05, 0) is 29.8 Å². The third-order valence-corrected chi connectivity index (χ3v) is 4.61. The van der Waals surface area contributed by atoms with Crippen LogP contribution in [0.4, 0.5) is 13.2 Å². The molecule has 1 N–H and O–H groups in total. The molecule has 0 aliphatic rings. The average Bonchev–Trinajstić information content (AvgIpc) is 3.15. The highest BCUT2D eigenvalue weighted by Gasteiger charge is 2.35. The Bertz CT molecular complexity index is 1120. The lowest BCUT2D eigenvalue weighted by molar-refractivity contribution is -0.137. The molecule has 0 radical (unpaired) electrons. The zero-order valence-corrected chi connectivity index (χ0v) is 15.1. The molecular weight excluding hydrogens is 379 g/mol. The summed E-state index contributed by atoms with van der Waals surface area (Å²) >= 11 is 0. The fourth-order valence-corrected chi connectivity index (χ4v) is 3.25. The van der Waals surface area contributed by atoms with E-state index in [1.807, 2.05) is 24.3 Å². The maximum atomic E-state index is 13.3. The van der Waals surface area contributed by atoms with E-state index in [9.17, 15) is 18.0 Å². The maximum Gasteiger partial charge on any atom is 0.417 e. The molecule has 0 saturated carbocycles. The molecule has 3 aromatic carbocycles. The van der Waals surface area contributed by atoms with Gasteiger partial charge in [-0.15, -0.1) is 0 Å². The second-order valence-electron chi connectivity index (χ2n) is 6.55. The van der Waals surface area contributed by atoms with Crippen LogP contribution >= 0.6 is 0 Å². The molecular formula is C23H16F3NO2. The SMILES string of the molecule is O=C(NC(c1ccccc1)c1cc2ccccc2o1)c1ccccc1C(F)(F)F. The predicted octanol–water partition coefficient (Wildman–Crippen LogP) is 5.97. The number of halogens is 3. The molecule has 29 heavy (non-hydrogen) atoms. The monoisotopic (exact) mass is 395 g/mol. The summed E-state index contributed by atoms with van der Waals surface area (Å²) in [5, 5.41) is 3.55. The van der Waals surface area contributed by atoms with E-state index in [0.717, 1.165) is 11.5 Å². The van der Waals surface area contributed by atoms with Crippen molar-refractivity contribution in [2.45, 2.75) is 12.2 Å². The van der Waals surface area contributed by atoms with E-state index in [0.29, 0.717) is 16.9 Å². The summed E-state index contributed by atoms with van der Waals surface area (Å²) in [4.78, 5) is 12.8. The summed E-state index contributed by atoms with van der Waals surface area (Å²) in [5.41, 5.74) is -0.0799. The molecule has 1 aromatic heterocycles. The molecule has 0 aliphatic heterocycles. The van der Waals surface area contributed by atoms with Gasteiger partial charge in [-0.25, -0.2) is 0 Å². The number of fused-ring (bicyclic) bond motifs is 1. The van der Waals surface area contributed by atoms with Crippen molar-refractivity contribution < 1.29 is 22.4 Å². The van der Waals surface area contributed by atoms with Gasteiger partial charge in [-0.1, -0.05) is 60.7 Å². The quantitative estimate of drug-likeness (QED) is 0.462. The van der Waals surface area contributed by atoms with E-state index in [4.69, 9.17) is 4.42 Å². The number of amides is 1. The molecule has 4 rings (SSSR count). The number of benzene rings is 3. The first-order valence-electron chi connectivity index (χ1n) is 8.94. The smallest absolute Gasteiger partial charge is 0.417 e. The van der Waals surface area contributed by atoms with E-state index in [1.165, 1.54) is 18.2 Å². The molecule has 3 nitrogen and oxygen atoms in total. The molecule has 1 atom stereocenters. The van der Waals surface area contributed by atoms with Gasteiger partial charge in [-0.2, -0.15) is 13.2 Å². The molecule has 0 fully saturated rings. The van der Waals surface area contributed by atoms with Crippen molar-refractivity contribution in [3.63, 3.8) is 0 Å². The van der Waals surface area contributed by atoms with Gasteiger partial charge >= 0.3 is 6.18 Å². The third-order valence-electron chi connectivity index (χ3n) is 4.61. The molecule has 1 unspecified atom stereocenters. The zero-order chi connectivity index (χ0) is 20.4. The lowest BCUT2D eigenvalue weighted by atomic mass is 10.0. The summed E-state index contributed by atoms with van der Waals surface area (Å²) in [7, 11) is 0. The lowest BCUT2D eigenvalue weighted by Gasteiger charge is -2.19. The summed E-state index contributed by atoms with van der Waals surface area (Å²) in [6.07, 6.45) is -4.63. The van der Waals surface area contributed by atoms with Crippen molar-refractivity contribution in [2.24, 2.45) is 0 Å². The highest BCUT2D eigenvalue weighted by Crippen LogP contribution is 2.33. The van der Waals surface area contributed by atoms with Gasteiger partial charge in [0.25, 0.3) is 5.91 Å². The minimum atomic E-state index is -4.63. The summed E-state index contributed by atoms with van der Waals surface area (Å²) in [5.74, 6) is -0.387. The van der Waals surface area contributed by atoms with E-state index in [2.05, 4.69) is 5.32 Å². The first-order valence-corrected chi connectivity index (χ1v) is 8.94. The third kappa shape index (κ3) is 3.87.